The van der Waals surface area contributed by atoms with Gasteiger partial charge in [0.15, 0.2) is 12.1 Å². The minimum atomic E-state index is -0.284. The Morgan fingerprint density at radius 1 is 1.44 bits per heavy atom. The van der Waals surface area contributed by atoms with Crippen molar-refractivity contribution in [2.24, 2.45) is 0 Å². The predicted molar refractivity (Wildman–Crippen MR) is 55.6 cm³/mol. The van der Waals surface area contributed by atoms with Crippen LogP contribution in [0.5, 0.6) is 0 Å². The Kier molecular flexibility index (Phi) is 2.95. The summed E-state index contributed by atoms with van der Waals surface area (Å²) >= 11 is 0. The number of nitrogens with zero attached hydrogens (tertiary/aromatic N) is 1. The molecule has 5 heteroatoms. The average molecular weight is 220 g/mol. The van der Waals surface area contributed by atoms with Gasteiger partial charge in [0.2, 0.25) is 5.76 Å². The average Bonchev–Trinajstić information content (AvgIpc) is 2.74. The van der Waals surface area contributed by atoms with Crippen LogP contribution in [0.1, 0.15) is 16.1 Å². The molecule has 1 aromatic carbocycles. The number of halogens is 1. The summed E-state index contributed by atoms with van der Waals surface area (Å²) in [5.41, 5.74) is 0.788. The third kappa shape index (κ3) is 2.44. The van der Waals surface area contributed by atoms with E-state index in [0.717, 1.165) is 5.56 Å². The zero-order valence-corrected chi connectivity index (χ0v) is 8.31. The van der Waals surface area contributed by atoms with E-state index in [1.165, 1.54) is 18.2 Å². The second-order valence-corrected chi connectivity index (χ2v) is 3.22. The number of aromatic nitrogens is 1. The number of rotatable bonds is 4. The van der Waals surface area contributed by atoms with Crippen LogP contribution in [0.2, 0.25) is 0 Å². The monoisotopic (exact) mass is 220 g/mol. The van der Waals surface area contributed by atoms with Gasteiger partial charge in [-0.2, -0.15) is 0 Å². The van der Waals surface area contributed by atoms with E-state index in [2.05, 4.69) is 15.0 Å². The summed E-state index contributed by atoms with van der Waals surface area (Å²) in [6.07, 6.45) is 0.570. The number of carbonyl (C=O) groups excluding carboxylic acids is 1. The Morgan fingerprint density at radius 2 is 2.31 bits per heavy atom. The molecule has 0 fully saturated rings. The summed E-state index contributed by atoms with van der Waals surface area (Å²) in [4.78, 5) is 10.3. The number of nitrogens with one attached hydrogen (secondary N) is 1. The summed E-state index contributed by atoms with van der Waals surface area (Å²) in [5.74, 6) is 0.320. The highest BCUT2D eigenvalue weighted by atomic mass is 19.1. The zero-order chi connectivity index (χ0) is 11.4. The van der Waals surface area contributed by atoms with Gasteiger partial charge in [-0.15, -0.1) is 0 Å². The molecule has 0 aliphatic rings. The lowest BCUT2D eigenvalue weighted by Gasteiger charge is -2.01. The van der Waals surface area contributed by atoms with E-state index >= 15 is 0 Å². The maximum atomic E-state index is 12.8. The molecule has 82 valence electrons. The normalized spacial score (nSPS) is 10.1. The second kappa shape index (κ2) is 4.57. The molecule has 0 aliphatic carbocycles. The molecule has 1 aromatic heterocycles. The van der Waals surface area contributed by atoms with Gasteiger partial charge in [-0.3, -0.25) is 4.79 Å². The molecule has 1 N–H and O–H groups in total. The van der Waals surface area contributed by atoms with Crippen LogP contribution in [-0.2, 0) is 6.54 Å². The van der Waals surface area contributed by atoms with Crippen LogP contribution in [0.3, 0.4) is 0 Å². The quantitative estimate of drug-likeness (QED) is 0.803. The highest BCUT2D eigenvalue weighted by Crippen LogP contribution is 2.09. The Balaban J connectivity index is 1.99. The van der Waals surface area contributed by atoms with Crippen molar-refractivity contribution in [2.45, 2.75) is 6.54 Å². The van der Waals surface area contributed by atoms with E-state index in [0.29, 0.717) is 18.6 Å². The van der Waals surface area contributed by atoms with Crippen LogP contribution in [-0.4, -0.2) is 11.4 Å². The van der Waals surface area contributed by atoms with Crippen LogP contribution < -0.4 is 5.32 Å². The molecule has 0 saturated carbocycles. The molecule has 0 saturated heterocycles. The molecular formula is C11H9FN2O2. The van der Waals surface area contributed by atoms with Crippen molar-refractivity contribution in [3.8, 4) is 0 Å². The molecule has 0 radical (unpaired) electrons. The van der Waals surface area contributed by atoms with Gasteiger partial charge < -0.3 is 9.84 Å². The minimum absolute atomic E-state index is 0.154. The van der Waals surface area contributed by atoms with E-state index < -0.39 is 0 Å². The van der Waals surface area contributed by atoms with Crippen LogP contribution in [0, 0.1) is 5.82 Å². The van der Waals surface area contributed by atoms with Crippen LogP contribution in [0.25, 0.3) is 0 Å². The summed E-state index contributed by atoms with van der Waals surface area (Å²) in [7, 11) is 0. The summed E-state index contributed by atoms with van der Waals surface area (Å²) in [6, 6.07) is 7.70. The first kappa shape index (κ1) is 10.4. The van der Waals surface area contributed by atoms with Crippen molar-refractivity contribution in [1.29, 1.82) is 0 Å². The first-order valence-electron chi connectivity index (χ1n) is 4.68. The van der Waals surface area contributed by atoms with Crippen LogP contribution >= 0.6 is 0 Å². The number of hydrogen-bond acceptors (Lipinski definition) is 4. The van der Waals surface area contributed by atoms with Gasteiger partial charge in [0, 0.05) is 12.6 Å². The second-order valence-electron chi connectivity index (χ2n) is 3.22. The third-order valence-electron chi connectivity index (χ3n) is 2.01. The molecule has 2 rings (SSSR count). The molecule has 0 aliphatic heterocycles. The van der Waals surface area contributed by atoms with Crippen molar-refractivity contribution in [3.63, 3.8) is 0 Å². The van der Waals surface area contributed by atoms with Crippen molar-refractivity contribution >= 4 is 12.1 Å². The van der Waals surface area contributed by atoms with Crippen LogP contribution in [0.4, 0.5) is 10.2 Å². The lowest BCUT2D eigenvalue weighted by Crippen LogP contribution is -1.99. The first-order chi connectivity index (χ1) is 7.78. The highest BCUT2D eigenvalue weighted by molar-refractivity contribution is 5.71. The van der Waals surface area contributed by atoms with Gasteiger partial charge in [0.25, 0.3) is 0 Å². The standard InChI is InChI=1S/C11H9FN2O2/c12-9-3-1-2-8(4-9)6-13-11-5-10(7-15)16-14-11/h1-5,7H,6H2,(H,13,14). The van der Waals surface area contributed by atoms with Crippen molar-refractivity contribution in [1.82, 2.24) is 5.16 Å². The molecule has 1 heterocycles. The van der Waals surface area contributed by atoms with Gasteiger partial charge in [0.1, 0.15) is 5.82 Å². The smallest absolute Gasteiger partial charge is 0.201 e. The summed E-state index contributed by atoms with van der Waals surface area (Å²) in [5, 5.41) is 6.53. The highest BCUT2D eigenvalue weighted by Gasteiger charge is 2.02. The van der Waals surface area contributed by atoms with Gasteiger partial charge in [-0.1, -0.05) is 17.3 Å². The van der Waals surface area contributed by atoms with Crippen molar-refractivity contribution in [2.75, 3.05) is 5.32 Å². The summed E-state index contributed by atoms with van der Waals surface area (Å²) in [6.45, 7) is 0.419. The van der Waals surface area contributed by atoms with E-state index in [9.17, 15) is 9.18 Å². The minimum Gasteiger partial charge on any atom is -0.363 e. The fourth-order valence-corrected chi connectivity index (χ4v) is 1.27. The topological polar surface area (TPSA) is 55.1 Å². The Labute approximate surface area is 91.1 Å². The molecule has 4 nitrogen and oxygen atoms in total. The number of benzene rings is 1. The fourth-order valence-electron chi connectivity index (χ4n) is 1.27. The molecule has 0 bridgehead atoms. The first-order valence-corrected chi connectivity index (χ1v) is 4.68. The van der Waals surface area contributed by atoms with E-state index in [1.54, 1.807) is 12.1 Å². The summed E-state index contributed by atoms with van der Waals surface area (Å²) < 4.78 is 17.5. The van der Waals surface area contributed by atoms with Gasteiger partial charge in [-0.25, -0.2) is 4.39 Å². The number of anilines is 1. The number of aldehydes is 1. The van der Waals surface area contributed by atoms with E-state index in [4.69, 9.17) is 0 Å². The van der Waals surface area contributed by atoms with Crippen molar-refractivity contribution < 1.29 is 13.7 Å². The molecule has 0 amide bonds. The molecule has 0 spiro atoms. The van der Waals surface area contributed by atoms with Crippen molar-refractivity contribution in [3.05, 3.63) is 47.5 Å². The molecule has 16 heavy (non-hydrogen) atoms. The number of carbonyl (C=O) groups is 1. The van der Waals surface area contributed by atoms with E-state index in [1.807, 2.05) is 0 Å². The lowest BCUT2D eigenvalue weighted by molar-refractivity contribution is 0.109. The van der Waals surface area contributed by atoms with Gasteiger partial charge in [0.05, 0.1) is 0 Å². The fraction of sp³-hybridized carbons (Fsp3) is 0.0909. The largest absolute Gasteiger partial charge is 0.363 e. The van der Waals surface area contributed by atoms with Gasteiger partial charge >= 0.3 is 0 Å². The molecule has 0 atom stereocenters. The van der Waals surface area contributed by atoms with Gasteiger partial charge in [-0.05, 0) is 17.7 Å². The van der Waals surface area contributed by atoms with Crippen LogP contribution in [0.15, 0.2) is 34.9 Å². The zero-order valence-electron chi connectivity index (χ0n) is 8.31. The third-order valence-corrected chi connectivity index (χ3v) is 2.01. The lowest BCUT2D eigenvalue weighted by atomic mass is 10.2. The Bertz CT molecular complexity index is 496. The maximum Gasteiger partial charge on any atom is 0.201 e. The predicted octanol–water partition coefficient (Wildman–Crippen LogP) is 2.24. The SMILES string of the molecule is O=Cc1cc(NCc2cccc(F)c2)no1. The molecule has 2 aromatic rings. The Morgan fingerprint density at radius 3 is 3.00 bits per heavy atom. The molecular weight excluding hydrogens is 211 g/mol. The van der Waals surface area contributed by atoms with E-state index in [-0.39, 0.29) is 11.6 Å². The maximum absolute atomic E-state index is 12.8. The Hall–Kier alpha value is -2.17. The molecule has 0 unspecified atom stereocenters. The number of hydrogen-bond donors (Lipinski definition) is 1.